The summed E-state index contributed by atoms with van der Waals surface area (Å²) >= 11 is 0. The maximum atomic E-state index is 5.20. The first-order valence-electron chi connectivity index (χ1n) is 6.83. The summed E-state index contributed by atoms with van der Waals surface area (Å²) in [6.07, 6.45) is 2.88. The first kappa shape index (κ1) is 15.5. The van der Waals surface area contributed by atoms with Gasteiger partial charge >= 0.3 is 0 Å². The standard InChI is InChI=1S/C16H12N5O.Ir/c1-10-4-3-5-11(2)14(10)21-16(17-8-19-21)12-6-7-13-15(20-12)18-9-22-13;/h3-5,7-9H,1-2H3;/q-1;. The van der Waals surface area contributed by atoms with Crippen molar-refractivity contribution < 1.29 is 24.5 Å². The molecule has 0 saturated heterocycles. The van der Waals surface area contributed by atoms with E-state index < -0.39 is 0 Å². The second-order valence-electron chi connectivity index (χ2n) is 5.03. The van der Waals surface area contributed by atoms with E-state index in [-0.39, 0.29) is 20.1 Å². The Kier molecular flexibility index (Phi) is 4.07. The summed E-state index contributed by atoms with van der Waals surface area (Å²) in [5, 5.41) is 4.35. The van der Waals surface area contributed by atoms with Gasteiger partial charge in [0.2, 0.25) is 0 Å². The van der Waals surface area contributed by atoms with Gasteiger partial charge in [-0.2, -0.15) is 5.10 Å². The molecule has 0 unspecified atom stereocenters. The van der Waals surface area contributed by atoms with Crippen molar-refractivity contribution in [2.24, 2.45) is 0 Å². The van der Waals surface area contributed by atoms with E-state index >= 15 is 0 Å². The molecule has 23 heavy (non-hydrogen) atoms. The van der Waals surface area contributed by atoms with E-state index in [0.717, 1.165) is 16.8 Å². The maximum Gasteiger partial charge on any atom is 0.168 e. The zero-order chi connectivity index (χ0) is 15.1. The molecule has 0 spiro atoms. The van der Waals surface area contributed by atoms with Crippen molar-refractivity contribution >= 4 is 11.2 Å². The molecule has 117 valence electrons. The van der Waals surface area contributed by atoms with E-state index in [1.165, 1.54) is 12.7 Å². The van der Waals surface area contributed by atoms with Crippen LogP contribution >= 0.6 is 0 Å². The van der Waals surface area contributed by atoms with Crippen molar-refractivity contribution in [1.29, 1.82) is 0 Å². The minimum atomic E-state index is 0. The van der Waals surface area contributed by atoms with Gasteiger partial charge in [0.1, 0.15) is 12.0 Å². The number of aryl methyl sites for hydroxylation is 2. The Labute approximate surface area is 145 Å². The van der Waals surface area contributed by atoms with Gasteiger partial charge in [-0.25, -0.2) is 4.98 Å². The van der Waals surface area contributed by atoms with Gasteiger partial charge in [0.05, 0.1) is 17.1 Å². The monoisotopic (exact) mass is 483 g/mol. The summed E-state index contributed by atoms with van der Waals surface area (Å²) in [5.74, 6) is 0.627. The minimum absolute atomic E-state index is 0. The summed E-state index contributed by atoms with van der Waals surface area (Å²) in [5.41, 5.74) is 4.96. The number of fused-ring (bicyclic) bond motifs is 1. The normalized spacial score (nSPS) is 10.7. The van der Waals surface area contributed by atoms with Crippen LogP contribution in [0.5, 0.6) is 0 Å². The number of pyridine rings is 1. The van der Waals surface area contributed by atoms with Crippen LogP contribution in [0.2, 0.25) is 0 Å². The van der Waals surface area contributed by atoms with Crippen LogP contribution in [0.4, 0.5) is 0 Å². The number of para-hydroxylation sites is 1. The molecule has 0 saturated carbocycles. The van der Waals surface area contributed by atoms with Crippen molar-refractivity contribution in [2.45, 2.75) is 13.8 Å². The van der Waals surface area contributed by atoms with Gasteiger partial charge in [-0.05, 0) is 30.7 Å². The molecule has 6 nitrogen and oxygen atoms in total. The molecule has 3 heterocycles. The number of hydrogen-bond donors (Lipinski definition) is 0. The Balaban J connectivity index is 0.00000156. The van der Waals surface area contributed by atoms with Crippen molar-refractivity contribution in [3.05, 3.63) is 54.2 Å². The summed E-state index contributed by atoms with van der Waals surface area (Å²) in [4.78, 5) is 12.8. The van der Waals surface area contributed by atoms with Gasteiger partial charge in [0.25, 0.3) is 0 Å². The van der Waals surface area contributed by atoms with Gasteiger partial charge in [-0.3, -0.25) is 14.6 Å². The van der Waals surface area contributed by atoms with Crippen LogP contribution < -0.4 is 0 Å². The van der Waals surface area contributed by atoms with Crippen LogP contribution in [0.15, 0.2) is 41.4 Å². The predicted molar refractivity (Wildman–Crippen MR) is 80.5 cm³/mol. The predicted octanol–water partition coefficient (Wildman–Crippen LogP) is 2.89. The van der Waals surface area contributed by atoms with Crippen molar-refractivity contribution in [3.63, 3.8) is 0 Å². The number of rotatable bonds is 2. The van der Waals surface area contributed by atoms with Crippen LogP contribution in [0.1, 0.15) is 11.1 Å². The Morgan fingerprint density at radius 1 is 1.13 bits per heavy atom. The smallest absolute Gasteiger partial charge is 0.168 e. The van der Waals surface area contributed by atoms with Crippen molar-refractivity contribution in [2.75, 3.05) is 0 Å². The van der Waals surface area contributed by atoms with Crippen LogP contribution in [-0.2, 0) is 20.1 Å². The third kappa shape index (κ3) is 2.58. The fourth-order valence-electron chi connectivity index (χ4n) is 2.52. The zero-order valence-electron chi connectivity index (χ0n) is 12.4. The van der Waals surface area contributed by atoms with Gasteiger partial charge in [-0.1, -0.05) is 18.2 Å². The van der Waals surface area contributed by atoms with Gasteiger partial charge in [0.15, 0.2) is 6.39 Å². The van der Waals surface area contributed by atoms with Gasteiger partial charge in [-0.15, -0.1) is 12.1 Å². The fourth-order valence-corrected chi connectivity index (χ4v) is 2.52. The first-order chi connectivity index (χ1) is 10.7. The summed E-state index contributed by atoms with van der Waals surface area (Å²) in [7, 11) is 0. The SMILES string of the molecule is Cc1cccc(C)c1-n1ncnc1-c1[c-]cc2ocnc2n1.[Ir]. The molecule has 0 N–H and O–H groups in total. The van der Waals surface area contributed by atoms with Crippen molar-refractivity contribution in [3.8, 4) is 17.2 Å². The second-order valence-corrected chi connectivity index (χ2v) is 5.03. The number of hydrogen-bond acceptors (Lipinski definition) is 5. The average molecular weight is 483 g/mol. The van der Waals surface area contributed by atoms with E-state index in [0.29, 0.717) is 22.7 Å². The first-order valence-corrected chi connectivity index (χ1v) is 6.83. The van der Waals surface area contributed by atoms with Crippen molar-refractivity contribution in [1.82, 2.24) is 24.7 Å². The molecule has 0 atom stereocenters. The summed E-state index contributed by atoms with van der Waals surface area (Å²) in [6, 6.07) is 10.9. The Morgan fingerprint density at radius 3 is 2.70 bits per heavy atom. The molecule has 7 heteroatoms. The largest absolute Gasteiger partial charge is 0.503 e. The minimum Gasteiger partial charge on any atom is -0.503 e. The Bertz CT molecular complexity index is 955. The fraction of sp³-hybridized carbons (Fsp3) is 0.125. The summed E-state index contributed by atoms with van der Waals surface area (Å²) in [6.45, 7) is 4.09. The molecule has 0 fully saturated rings. The van der Waals surface area contributed by atoms with Crippen LogP contribution in [0.25, 0.3) is 28.4 Å². The van der Waals surface area contributed by atoms with Crippen LogP contribution in [0, 0.1) is 19.9 Å². The van der Waals surface area contributed by atoms with E-state index in [4.69, 9.17) is 4.42 Å². The number of benzene rings is 1. The van der Waals surface area contributed by atoms with E-state index in [1.807, 2.05) is 32.0 Å². The molecular weight excluding hydrogens is 470 g/mol. The molecular formula is C16H12IrN5O-. The molecule has 4 aromatic rings. The van der Waals surface area contributed by atoms with Crippen LogP contribution in [-0.4, -0.2) is 24.7 Å². The quantitative estimate of drug-likeness (QED) is 0.411. The number of nitrogens with zero attached hydrogens (tertiary/aromatic N) is 5. The molecule has 0 bridgehead atoms. The van der Waals surface area contributed by atoms with Crippen LogP contribution in [0.3, 0.4) is 0 Å². The molecule has 4 rings (SSSR count). The topological polar surface area (TPSA) is 69.6 Å². The zero-order valence-corrected chi connectivity index (χ0v) is 14.8. The third-order valence-corrected chi connectivity index (χ3v) is 3.54. The molecule has 0 aliphatic rings. The molecule has 1 radical (unpaired) electrons. The van der Waals surface area contributed by atoms with E-state index in [9.17, 15) is 0 Å². The Hall–Kier alpha value is -2.37. The molecule has 3 aromatic heterocycles. The molecule has 0 aliphatic carbocycles. The molecule has 0 amide bonds. The van der Waals surface area contributed by atoms with Gasteiger partial charge < -0.3 is 4.42 Å². The second kappa shape index (κ2) is 6.02. The number of aromatic nitrogens is 5. The molecule has 0 aliphatic heterocycles. The van der Waals surface area contributed by atoms with E-state index in [1.54, 1.807) is 10.7 Å². The average Bonchev–Trinajstić information content (AvgIpc) is 3.15. The third-order valence-electron chi connectivity index (χ3n) is 3.54. The summed E-state index contributed by atoms with van der Waals surface area (Å²) < 4.78 is 6.98. The molecule has 1 aromatic carbocycles. The van der Waals surface area contributed by atoms with Gasteiger partial charge in [0, 0.05) is 20.1 Å². The maximum absolute atomic E-state index is 5.20. The Morgan fingerprint density at radius 2 is 1.91 bits per heavy atom. The number of oxazole rings is 1. The van der Waals surface area contributed by atoms with E-state index in [2.05, 4.69) is 26.1 Å².